The van der Waals surface area contributed by atoms with Crippen LogP contribution in [-0.4, -0.2) is 25.0 Å². The molecule has 1 N–H and O–H groups in total. The molecule has 0 bridgehead atoms. The number of benzene rings is 1. The van der Waals surface area contributed by atoms with Crippen molar-refractivity contribution in [2.45, 2.75) is 51.4 Å². The summed E-state index contributed by atoms with van der Waals surface area (Å²) in [5, 5.41) is 2.94. The van der Waals surface area contributed by atoms with Crippen LogP contribution in [0.4, 0.5) is 0 Å². The molecule has 140 valence electrons. The number of hydrogen-bond donors (Lipinski definition) is 1. The van der Waals surface area contributed by atoms with Crippen molar-refractivity contribution in [3.05, 3.63) is 59.7 Å². The molecule has 4 heteroatoms. The van der Waals surface area contributed by atoms with E-state index in [0.29, 0.717) is 26.0 Å². The molecule has 2 rings (SSSR count). The largest absolute Gasteiger partial charge is 0.461 e. The lowest BCUT2D eigenvalue weighted by atomic mass is 10.1. The molecule has 0 saturated heterocycles. The third kappa shape index (κ3) is 8.65. The summed E-state index contributed by atoms with van der Waals surface area (Å²) in [7, 11) is 0. The first kappa shape index (κ1) is 20.0. The molecule has 0 atom stereocenters. The first-order valence-corrected chi connectivity index (χ1v) is 9.56. The summed E-state index contributed by atoms with van der Waals surface area (Å²) in [4.78, 5) is 23.5. The lowest BCUT2D eigenvalue weighted by Gasteiger charge is -2.08. The second-order valence-electron chi connectivity index (χ2n) is 6.60. The highest BCUT2D eigenvalue weighted by Gasteiger charge is 2.05. The van der Waals surface area contributed by atoms with E-state index in [1.54, 1.807) is 0 Å². The van der Waals surface area contributed by atoms with Gasteiger partial charge in [-0.3, -0.25) is 9.59 Å². The summed E-state index contributed by atoms with van der Waals surface area (Å²) < 4.78 is 5.28. The van der Waals surface area contributed by atoms with Gasteiger partial charge in [0.2, 0.25) is 5.91 Å². The Kier molecular flexibility index (Phi) is 9.26. The van der Waals surface area contributed by atoms with Gasteiger partial charge in [-0.2, -0.15) is 0 Å². The molecule has 1 aromatic rings. The number of amides is 1. The van der Waals surface area contributed by atoms with Crippen molar-refractivity contribution in [2.75, 3.05) is 13.2 Å². The summed E-state index contributed by atoms with van der Waals surface area (Å²) in [6, 6.07) is 9.74. The zero-order valence-corrected chi connectivity index (χ0v) is 15.4. The second-order valence-corrected chi connectivity index (χ2v) is 6.60. The Morgan fingerprint density at radius 3 is 2.58 bits per heavy atom. The second kappa shape index (κ2) is 12.1. The number of ether oxygens (including phenoxy) is 1. The standard InChI is InChI=1S/C22H29NO3/c24-21(17-19-11-5-3-6-12-19)23-16-10-2-1-9-15-22(25)26-18-20-13-7-4-8-14-20/h3,5-7,11-14H,1-2,4,8-10,15-18H2,(H,23,24). The fourth-order valence-corrected chi connectivity index (χ4v) is 2.83. The molecular formula is C22H29NO3. The van der Waals surface area contributed by atoms with Gasteiger partial charge in [-0.15, -0.1) is 0 Å². The molecule has 0 heterocycles. The van der Waals surface area contributed by atoms with Crippen LogP contribution in [0, 0.1) is 0 Å². The normalized spacial score (nSPS) is 13.2. The van der Waals surface area contributed by atoms with Gasteiger partial charge in [-0.05, 0) is 36.8 Å². The van der Waals surface area contributed by atoms with Crippen molar-refractivity contribution < 1.29 is 14.3 Å². The smallest absolute Gasteiger partial charge is 0.306 e. The molecule has 1 aliphatic carbocycles. The van der Waals surface area contributed by atoms with Crippen molar-refractivity contribution in [1.29, 1.82) is 0 Å². The molecule has 0 saturated carbocycles. The fraction of sp³-hybridized carbons (Fsp3) is 0.455. The van der Waals surface area contributed by atoms with Crippen molar-refractivity contribution in [2.24, 2.45) is 0 Å². The van der Waals surface area contributed by atoms with Crippen LogP contribution in [0.5, 0.6) is 0 Å². The maximum Gasteiger partial charge on any atom is 0.306 e. The lowest BCUT2D eigenvalue weighted by Crippen LogP contribution is -2.26. The summed E-state index contributed by atoms with van der Waals surface area (Å²) in [6.45, 7) is 1.08. The zero-order valence-electron chi connectivity index (χ0n) is 15.4. The molecule has 1 aromatic carbocycles. The number of hydrogen-bond acceptors (Lipinski definition) is 3. The minimum absolute atomic E-state index is 0.0610. The monoisotopic (exact) mass is 355 g/mol. The Bertz CT molecular complexity index is 620. The van der Waals surface area contributed by atoms with Gasteiger partial charge in [-0.1, -0.05) is 61.4 Å². The number of esters is 1. The summed E-state index contributed by atoms with van der Waals surface area (Å²) in [5.41, 5.74) is 2.12. The maximum absolute atomic E-state index is 11.8. The third-order valence-electron chi connectivity index (χ3n) is 4.31. The van der Waals surface area contributed by atoms with E-state index >= 15 is 0 Å². The highest BCUT2D eigenvalue weighted by molar-refractivity contribution is 5.78. The van der Waals surface area contributed by atoms with Crippen molar-refractivity contribution in [3.63, 3.8) is 0 Å². The highest BCUT2D eigenvalue weighted by atomic mass is 16.5. The SMILES string of the molecule is O=C(Cc1ccccc1)NCCCCCCC(=O)OCC1=CCCC=C1. The van der Waals surface area contributed by atoms with Gasteiger partial charge in [0.1, 0.15) is 6.61 Å². The Morgan fingerprint density at radius 1 is 1.00 bits per heavy atom. The summed E-state index contributed by atoms with van der Waals surface area (Å²) in [5.74, 6) is -0.0631. The molecule has 4 nitrogen and oxygen atoms in total. The summed E-state index contributed by atoms with van der Waals surface area (Å²) >= 11 is 0. The van der Waals surface area contributed by atoms with E-state index in [9.17, 15) is 9.59 Å². The van der Waals surface area contributed by atoms with E-state index in [4.69, 9.17) is 4.74 Å². The number of unbranched alkanes of at least 4 members (excludes halogenated alkanes) is 3. The third-order valence-corrected chi connectivity index (χ3v) is 4.31. The first-order valence-electron chi connectivity index (χ1n) is 9.56. The number of allylic oxidation sites excluding steroid dienone is 2. The Balaban J connectivity index is 1.43. The van der Waals surface area contributed by atoms with Crippen molar-refractivity contribution in [1.82, 2.24) is 5.32 Å². The van der Waals surface area contributed by atoms with Gasteiger partial charge in [0.25, 0.3) is 0 Å². The van der Waals surface area contributed by atoms with Crippen LogP contribution in [0.3, 0.4) is 0 Å². The molecule has 0 radical (unpaired) electrons. The van der Waals surface area contributed by atoms with E-state index in [-0.39, 0.29) is 11.9 Å². The van der Waals surface area contributed by atoms with Gasteiger partial charge in [0.05, 0.1) is 6.42 Å². The molecule has 1 amide bonds. The first-order chi connectivity index (χ1) is 12.7. The molecule has 0 spiro atoms. The molecule has 0 aromatic heterocycles. The summed E-state index contributed by atoms with van der Waals surface area (Å²) in [6.07, 6.45) is 13.0. The van der Waals surface area contributed by atoms with Crippen LogP contribution in [-0.2, 0) is 20.7 Å². The zero-order chi connectivity index (χ0) is 18.5. The number of nitrogens with one attached hydrogen (secondary N) is 1. The van der Waals surface area contributed by atoms with Crippen molar-refractivity contribution in [3.8, 4) is 0 Å². The van der Waals surface area contributed by atoms with Gasteiger partial charge < -0.3 is 10.1 Å². The quantitative estimate of drug-likeness (QED) is 0.480. The highest BCUT2D eigenvalue weighted by Crippen LogP contribution is 2.11. The van der Waals surface area contributed by atoms with Gasteiger partial charge in [0, 0.05) is 13.0 Å². The number of rotatable bonds is 11. The van der Waals surface area contributed by atoms with Gasteiger partial charge in [-0.25, -0.2) is 0 Å². The molecule has 26 heavy (non-hydrogen) atoms. The number of carbonyl (C=O) groups is 2. The number of carbonyl (C=O) groups excluding carboxylic acids is 2. The van der Waals surface area contributed by atoms with E-state index in [1.165, 1.54) is 0 Å². The molecule has 0 unspecified atom stereocenters. The predicted molar refractivity (Wildman–Crippen MR) is 104 cm³/mol. The van der Waals surface area contributed by atoms with Crippen LogP contribution >= 0.6 is 0 Å². The molecule has 0 aliphatic heterocycles. The topological polar surface area (TPSA) is 55.4 Å². The van der Waals surface area contributed by atoms with Crippen molar-refractivity contribution >= 4 is 11.9 Å². The Hall–Kier alpha value is -2.36. The fourth-order valence-electron chi connectivity index (χ4n) is 2.83. The van der Waals surface area contributed by atoms with E-state index in [2.05, 4.69) is 17.5 Å². The molecule has 0 fully saturated rings. The minimum atomic E-state index is -0.124. The average Bonchev–Trinajstić information content (AvgIpc) is 2.67. The molecule has 1 aliphatic rings. The van der Waals surface area contributed by atoms with Crippen LogP contribution in [0.2, 0.25) is 0 Å². The minimum Gasteiger partial charge on any atom is -0.461 e. The molecular weight excluding hydrogens is 326 g/mol. The maximum atomic E-state index is 11.8. The van der Waals surface area contributed by atoms with E-state index in [1.807, 2.05) is 36.4 Å². The van der Waals surface area contributed by atoms with Crippen LogP contribution < -0.4 is 5.32 Å². The lowest BCUT2D eigenvalue weighted by molar-refractivity contribution is -0.142. The van der Waals surface area contributed by atoms with E-state index in [0.717, 1.165) is 49.7 Å². The van der Waals surface area contributed by atoms with Crippen LogP contribution in [0.25, 0.3) is 0 Å². The van der Waals surface area contributed by atoms with Crippen LogP contribution in [0.1, 0.15) is 50.5 Å². The van der Waals surface area contributed by atoms with Crippen LogP contribution in [0.15, 0.2) is 54.1 Å². The Labute approximate surface area is 156 Å². The van der Waals surface area contributed by atoms with Gasteiger partial charge >= 0.3 is 5.97 Å². The van der Waals surface area contributed by atoms with Gasteiger partial charge in [0.15, 0.2) is 0 Å². The predicted octanol–water partition coefficient (Wildman–Crippen LogP) is 4.12. The van der Waals surface area contributed by atoms with E-state index < -0.39 is 0 Å². The average molecular weight is 355 g/mol. The Morgan fingerprint density at radius 2 is 1.81 bits per heavy atom.